The van der Waals surface area contributed by atoms with E-state index in [9.17, 15) is 0 Å². The van der Waals surface area contributed by atoms with Crippen LogP contribution in [0.1, 0.15) is 5.56 Å². The van der Waals surface area contributed by atoms with E-state index in [1.165, 1.54) is 0 Å². The highest BCUT2D eigenvalue weighted by Crippen LogP contribution is 2.21. The van der Waals surface area contributed by atoms with Crippen LogP contribution in [0, 0.1) is 0 Å². The van der Waals surface area contributed by atoms with Crippen molar-refractivity contribution >= 4 is 11.6 Å². The molecule has 0 unspecified atom stereocenters. The molecule has 0 aliphatic carbocycles. The maximum absolute atomic E-state index is 5.73. The highest BCUT2D eigenvalue weighted by atomic mass is 35.5. The Hall–Kier alpha value is -1.48. The molecule has 2 rings (SSSR count). The minimum Gasteiger partial charge on any atom is -0.454 e. The number of hydrogen-bond acceptors (Lipinski definition) is 2. The summed E-state index contributed by atoms with van der Waals surface area (Å²) in [5.41, 5.74) is 1.04. The minimum absolute atomic E-state index is 0.490. The Labute approximate surface area is 93.2 Å². The van der Waals surface area contributed by atoms with Gasteiger partial charge in [0.2, 0.25) is 0 Å². The number of nitrogens with zero attached hydrogens (tertiary/aromatic N) is 2. The Kier molecular flexibility index (Phi) is 2.92. The monoisotopic (exact) mass is 222 g/mol. The van der Waals surface area contributed by atoms with Gasteiger partial charge in [-0.15, -0.1) is 11.6 Å². The van der Waals surface area contributed by atoms with Gasteiger partial charge in [-0.25, -0.2) is 0 Å². The van der Waals surface area contributed by atoms with Crippen molar-refractivity contribution in [1.82, 2.24) is 9.78 Å². The molecule has 3 nitrogen and oxygen atoms in total. The number of benzene rings is 1. The molecule has 0 amide bonds. The lowest BCUT2D eigenvalue weighted by Gasteiger charge is -2.03. The van der Waals surface area contributed by atoms with E-state index in [1.807, 2.05) is 37.5 Å². The van der Waals surface area contributed by atoms with Gasteiger partial charge in [0, 0.05) is 12.9 Å². The van der Waals surface area contributed by atoms with E-state index in [4.69, 9.17) is 16.3 Å². The van der Waals surface area contributed by atoms with Gasteiger partial charge in [0.1, 0.15) is 5.75 Å². The summed E-state index contributed by atoms with van der Waals surface area (Å²) in [6.07, 6.45) is 3.49. The first-order valence-electron chi connectivity index (χ1n) is 4.59. The summed E-state index contributed by atoms with van der Waals surface area (Å²) in [6, 6.07) is 7.69. The summed E-state index contributed by atoms with van der Waals surface area (Å²) in [5, 5.41) is 4.02. The van der Waals surface area contributed by atoms with Crippen LogP contribution in [0.2, 0.25) is 0 Å². The Morgan fingerprint density at radius 2 is 2.27 bits per heavy atom. The number of alkyl halides is 1. The molecule has 1 heterocycles. The van der Waals surface area contributed by atoms with Gasteiger partial charge in [0.05, 0.1) is 12.4 Å². The Morgan fingerprint density at radius 3 is 2.93 bits per heavy atom. The van der Waals surface area contributed by atoms with Crippen molar-refractivity contribution in [3.8, 4) is 11.5 Å². The smallest absolute Gasteiger partial charge is 0.165 e. The largest absolute Gasteiger partial charge is 0.454 e. The van der Waals surface area contributed by atoms with Gasteiger partial charge < -0.3 is 4.74 Å². The molecule has 15 heavy (non-hydrogen) atoms. The molecule has 4 heteroatoms. The minimum atomic E-state index is 0.490. The summed E-state index contributed by atoms with van der Waals surface area (Å²) in [5.74, 6) is 2.00. The summed E-state index contributed by atoms with van der Waals surface area (Å²) in [7, 11) is 1.85. The van der Waals surface area contributed by atoms with Crippen molar-refractivity contribution < 1.29 is 4.74 Å². The zero-order valence-electron chi connectivity index (χ0n) is 8.35. The van der Waals surface area contributed by atoms with E-state index in [-0.39, 0.29) is 0 Å². The first-order chi connectivity index (χ1) is 7.28. The van der Waals surface area contributed by atoms with Crippen molar-refractivity contribution in [3.63, 3.8) is 0 Å². The fourth-order valence-electron chi connectivity index (χ4n) is 1.28. The first-order valence-corrected chi connectivity index (χ1v) is 5.13. The number of aryl methyl sites for hydroxylation is 1. The van der Waals surface area contributed by atoms with Crippen LogP contribution in [0.15, 0.2) is 36.7 Å². The van der Waals surface area contributed by atoms with Crippen molar-refractivity contribution in [2.45, 2.75) is 5.88 Å². The van der Waals surface area contributed by atoms with Gasteiger partial charge >= 0.3 is 0 Å². The van der Waals surface area contributed by atoms with Crippen LogP contribution < -0.4 is 4.74 Å². The fourth-order valence-corrected chi connectivity index (χ4v) is 1.45. The number of halogens is 1. The topological polar surface area (TPSA) is 27.1 Å². The van der Waals surface area contributed by atoms with E-state index in [0.717, 1.165) is 17.1 Å². The zero-order valence-corrected chi connectivity index (χ0v) is 9.11. The van der Waals surface area contributed by atoms with Crippen LogP contribution in [0.4, 0.5) is 0 Å². The van der Waals surface area contributed by atoms with Crippen LogP contribution in [0.3, 0.4) is 0 Å². The molecule has 2 aromatic rings. The van der Waals surface area contributed by atoms with Crippen LogP contribution in [-0.2, 0) is 12.9 Å². The van der Waals surface area contributed by atoms with Crippen LogP contribution in [0.25, 0.3) is 0 Å². The molecule has 78 valence electrons. The third kappa shape index (κ3) is 2.50. The number of aromatic nitrogens is 2. The highest BCUT2D eigenvalue weighted by molar-refractivity contribution is 6.17. The Morgan fingerprint density at radius 1 is 1.40 bits per heavy atom. The molecule has 0 N–H and O–H groups in total. The maximum Gasteiger partial charge on any atom is 0.165 e. The maximum atomic E-state index is 5.73. The molecule has 0 atom stereocenters. The van der Waals surface area contributed by atoms with Crippen molar-refractivity contribution in [1.29, 1.82) is 0 Å². The lowest BCUT2D eigenvalue weighted by atomic mass is 10.2. The molecule has 1 aromatic heterocycles. The van der Waals surface area contributed by atoms with Crippen LogP contribution in [0.5, 0.6) is 11.5 Å². The standard InChI is InChI=1S/C11H11ClN2O/c1-14-8-11(7-13-14)15-10-4-2-3-9(5-10)6-12/h2-5,7-8H,6H2,1H3. The molecule has 0 fully saturated rings. The van der Waals surface area contributed by atoms with Crippen molar-refractivity contribution in [3.05, 3.63) is 42.2 Å². The molecule has 0 spiro atoms. The fraction of sp³-hybridized carbons (Fsp3) is 0.182. The summed E-state index contributed by atoms with van der Waals surface area (Å²) >= 11 is 5.73. The summed E-state index contributed by atoms with van der Waals surface area (Å²) in [4.78, 5) is 0. The first kappa shape index (κ1) is 10.1. The zero-order chi connectivity index (χ0) is 10.7. The van der Waals surface area contributed by atoms with Gasteiger partial charge in [0.15, 0.2) is 5.75 Å². The molecule has 0 saturated carbocycles. The molecular formula is C11H11ClN2O. The lowest BCUT2D eigenvalue weighted by Crippen LogP contribution is -1.85. The molecule has 0 aliphatic heterocycles. The van der Waals surface area contributed by atoms with Gasteiger partial charge in [-0.3, -0.25) is 4.68 Å². The highest BCUT2D eigenvalue weighted by Gasteiger charge is 2.00. The van der Waals surface area contributed by atoms with E-state index >= 15 is 0 Å². The van der Waals surface area contributed by atoms with Crippen molar-refractivity contribution in [2.75, 3.05) is 0 Å². The van der Waals surface area contributed by atoms with Gasteiger partial charge in [-0.1, -0.05) is 12.1 Å². The number of rotatable bonds is 3. The predicted molar refractivity (Wildman–Crippen MR) is 59.3 cm³/mol. The van der Waals surface area contributed by atoms with E-state index < -0.39 is 0 Å². The molecule has 0 saturated heterocycles. The third-order valence-electron chi connectivity index (χ3n) is 1.97. The summed E-state index contributed by atoms with van der Waals surface area (Å²) < 4.78 is 7.29. The summed E-state index contributed by atoms with van der Waals surface area (Å²) in [6.45, 7) is 0. The molecule has 0 bridgehead atoms. The van der Waals surface area contributed by atoms with Crippen LogP contribution >= 0.6 is 11.6 Å². The number of ether oxygens (including phenoxy) is 1. The van der Waals surface area contributed by atoms with Gasteiger partial charge in [-0.05, 0) is 17.7 Å². The van der Waals surface area contributed by atoms with E-state index in [0.29, 0.717) is 5.88 Å². The number of hydrogen-bond donors (Lipinski definition) is 0. The molecule has 0 radical (unpaired) electrons. The Bertz CT molecular complexity index is 453. The second-order valence-electron chi connectivity index (χ2n) is 3.23. The van der Waals surface area contributed by atoms with Crippen LogP contribution in [-0.4, -0.2) is 9.78 Å². The average molecular weight is 223 g/mol. The second-order valence-corrected chi connectivity index (χ2v) is 3.50. The molecule has 1 aromatic carbocycles. The predicted octanol–water partition coefficient (Wildman–Crippen LogP) is 2.95. The third-order valence-corrected chi connectivity index (χ3v) is 2.28. The average Bonchev–Trinajstić information content (AvgIpc) is 2.64. The quantitative estimate of drug-likeness (QED) is 0.747. The van der Waals surface area contributed by atoms with Gasteiger partial charge in [0.25, 0.3) is 0 Å². The van der Waals surface area contributed by atoms with E-state index in [2.05, 4.69) is 5.10 Å². The normalized spacial score (nSPS) is 10.3. The second kappa shape index (κ2) is 4.36. The Balaban J connectivity index is 2.16. The SMILES string of the molecule is Cn1cc(Oc2cccc(CCl)c2)cn1. The lowest BCUT2D eigenvalue weighted by molar-refractivity contribution is 0.481. The molecule has 0 aliphatic rings. The molecular weight excluding hydrogens is 212 g/mol. The van der Waals surface area contributed by atoms with Crippen molar-refractivity contribution in [2.24, 2.45) is 7.05 Å². The van der Waals surface area contributed by atoms with Gasteiger partial charge in [-0.2, -0.15) is 5.10 Å². The van der Waals surface area contributed by atoms with E-state index in [1.54, 1.807) is 10.9 Å².